The molecule has 0 aliphatic carbocycles. The van der Waals surface area contributed by atoms with Gasteiger partial charge in [-0.05, 0) is 49.8 Å². The molecule has 2 amide bonds. The minimum atomic E-state index is -0.259. The molecule has 30 heavy (non-hydrogen) atoms. The third-order valence-corrected chi connectivity index (χ3v) is 6.51. The Bertz CT molecular complexity index is 921. The van der Waals surface area contributed by atoms with Crippen molar-refractivity contribution in [1.29, 1.82) is 0 Å². The highest BCUT2D eigenvalue weighted by atomic mass is 19.1. The predicted molar refractivity (Wildman–Crippen MR) is 116 cm³/mol. The van der Waals surface area contributed by atoms with Crippen molar-refractivity contribution in [3.63, 3.8) is 0 Å². The molecule has 4 rings (SSSR count). The molecule has 0 spiro atoms. The number of halogens is 1. The Balaban J connectivity index is 1.35. The average molecular weight is 409 g/mol. The zero-order valence-corrected chi connectivity index (χ0v) is 17.5. The van der Waals surface area contributed by atoms with Gasteiger partial charge in [0.05, 0.1) is 0 Å². The Morgan fingerprint density at radius 3 is 2.47 bits per heavy atom. The summed E-state index contributed by atoms with van der Waals surface area (Å²) in [5.74, 6) is -0.0603. The van der Waals surface area contributed by atoms with Crippen LogP contribution in [0.2, 0.25) is 0 Å². The van der Waals surface area contributed by atoms with Crippen molar-refractivity contribution in [3.8, 4) is 11.1 Å². The number of hydrogen-bond acceptors (Lipinski definition) is 2. The number of Topliss-reactive ketones (excluding diaryl/α,β-unsaturated/α-hetero) is 1. The first kappa shape index (κ1) is 20.6. The van der Waals surface area contributed by atoms with E-state index in [0.717, 1.165) is 43.4 Å². The lowest BCUT2D eigenvalue weighted by molar-refractivity contribution is -0.123. The largest absolute Gasteiger partial charge is 0.325 e. The first-order chi connectivity index (χ1) is 14.5. The third kappa shape index (κ3) is 4.40. The molecule has 2 aliphatic rings. The Morgan fingerprint density at radius 2 is 1.77 bits per heavy atom. The van der Waals surface area contributed by atoms with Crippen LogP contribution >= 0.6 is 0 Å². The van der Waals surface area contributed by atoms with Crippen LogP contribution in [0.4, 0.5) is 9.18 Å². The van der Waals surface area contributed by atoms with Crippen LogP contribution in [0.3, 0.4) is 0 Å². The van der Waals surface area contributed by atoms with Crippen LogP contribution in [0.5, 0.6) is 0 Å². The van der Waals surface area contributed by atoms with E-state index >= 15 is 0 Å². The van der Waals surface area contributed by atoms with Crippen molar-refractivity contribution in [3.05, 3.63) is 59.9 Å². The summed E-state index contributed by atoms with van der Waals surface area (Å²) in [6, 6.07) is 14.7. The normalized spacial score (nSPS) is 19.9. The van der Waals surface area contributed by atoms with Gasteiger partial charge in [0.25, 0.3) is 0 Å². The number of piperidine rings is 1. The van der Waals surface area contributed by atoms with Gasteiger partial charge < -0.3 is 9.80 Å². The summed E-state index contributed by atoms with van der Waals surface area (Å²) in [6.45, 7) is 4.25. The predicted octanol–water partition coefficient (Wildman–Crippen LogP) is 4.92. The van der Waals surface area contributed by atoms with E-state index in [9.17, 15) is 14.0 Å². The third-order valence-electron chi connectivity index (χ3n) is 6.51. The number of nitrogens with zero attached hydrogens (tertiary/aromatic N) is 2. The maximum Gasteiger partial charge on any atom is 0.320 e. The van der Waals surface area contributed by atoms with E-state index in [1.807, 2.05) is 40.1 Å². The lowest BCUT2D eigenvalue weighted by atomic mass is 9.89. The lowest BCUT2D eigenvalue weighted by Gasteiger charge is -2.35. The number of hydrogen-bond donors (Lipinski definition) is 0. The summed E-state index contributed by atoms with van der Waals surface area (Å²) in [5.41, 5.74) is 2.25. The van der Waals surface area contributed by atoms with E-state index in [-0.39, 0.29) is 23.5 Å². The van der Waals surface area contributed by atoms with Crippen LogP contribution in [-0.2, 0) is 11.2 Å². The monoisotopic (exact) mass is 408 g/mol. The molecule has 1 unspecified atom stereocenters. The molecule has 2 aromatic rings. The Hall–Kier alpha value is -2.69. The molecule has 2 saturated heterocycles. The van der Waals surface area contributed by atoms with Crippen molar-refractivity contribution in [2.45, 2.75) is 45.1 Å². The molecule has 158 valence electrons. The molecule has 1 atom stereocenters. The first-order valence-electron chi connectivity index (χ1n) is 10.9. The summed E-state index contributed by atoms with van der Waals surface area (Å²) in [6.07, 6.45) is 3.95. The second-order valence-corrected chi connectivity index (χ2v) is 8.55. The van der Waals surface area contributed by atoms with Gasteiger partial charge in [0.1, 0.15) is 11.6 Å². The topological polar surface area (TPSA) is 40.6 Å². The Kier molecular flexibility index (Phi) is 6.16. The molecule has 5 heteroatoms. The molecule has 0 bridgehead atoms. The standard InChI is InChI=1S/C25H29FN2O2/c1-18-6-5-13-28(18)25(30)27-14-11-20(12-15-27)24(29)17-19-7-4-8-21(16-19)22-9-2-3-10-23(22)26/h2-4,7-10,16,18,20H,5-6,11-15,17H2,1H3. The summed E-state index contributed by atoms with van der Waals surface area (Å²) >= 11 is 0. The quantitative estimate of drug-likeness (QED) is 0.720. The number of carbonyl (C=O) groups is 2. The molecular formula is C25H29FN2O2. The minimum Gasteiger partial charge on any atom is -0.325 e. The van der Waals surface area contributed by atoms with Gasteiger partial charge in [0.15, 0.2) is 0 Å². The van der Waals surface area contributed by atoms with Gasteiger partial charge in [0, 0.05) is 43.6 Å². The van der Waals surface area contributed by atoms with E-state index in [1.54, 1.807) is 12.1 Å². The maximum absolute atomic E-state index is 14.1. The molecule has 4 nitrogen and oxygen atoms in total. The molecule has 0 N–H and O–H groups in total. The van der Waals surface area contributed by atoms with Crippen LogP contribution in [0.25, 0.3) is 11.1 Å². The molecule has 2 aliphatic heterocycles. The van der Waals surface area contributed by atoms with Gasteiger partial charge >= 0.3 is 6.03 Å². The summed E-state index contributed by atoms with van der Waals surface area (Å²) in [5, 5.41) is 0. The molecular weight excluding hydrogens is 379 g/mol. The van der Waals surface area contributed by atoms with Crippen molar-refractivity contribution in [2.24, 2.45) is 5.92 Å². The second kappa shape index (κ2) is 8.99. The summed E-state index contributed by atoms with van der Waals surface area (Å²) in [7, 11) is 0. The molecule has 0 saturated carbocycles. The summed E-state index contributed by atoms with van der Waals surface area (Å²) in [4.78, 5) is 29.5. The first-order valence-corrected chi connectivity index (χ1v) is 10.9. The van der Waals surface area contributed by atoms with Crippen LogP contribution in [0.1, 0.15) is 38.2 Å². The number of amides is 2. The molecule has 0 radical (unpaired) electrons. The zero-order chi connectivity index (χ0) is 21.1. The fourth-order valence-corrected chi connectivity index (χ4v) is 4.68. The maximum atomic E-state index is 14.1. The minimum absolute atomic E-state index is 0.0119. The van der Waals surface area contributed by atoms with Gasteiger partial charge in [-0.15, -0.1) is 0 Å². The SMILES string of the molecule is CC1CCCN1C(=O)N1CCC(C(=O)Cc2cccc(-c3ccccc3F)c2)CC1. The number of ketones is 1. The van der Waals surface area contributed by atoms with Crippen molar-refractivity contribution >= 4 is 11.8 Å². The fraction of sp³-hybridized carbons (Fsp3) is 0.440. The lowest BCUT2D eigenvalue weighted by Crippen LogP contribution is -2.48. The number of carbonyl (C=O) groups excluding carboxylic acids is 2. The Labute approximate surface area is 177 Å². The van der Waals surface area contributed by atoms with Crippen molar-refractivity contribution in [1.82, 2.24) is 9.80 Å². The van der Waals surface area contributed by atoms with E-state index in [1.165, 1.54) is 6.07 Å². The number of benzene rings is 2. The van der Waals surface area contributed by atoms with Gasteiger partial charge in [-0.2, -0.15) is 0 Å². The van der Waals surface area contributed by atoms with Crippen molar-refractivity contribution < 1.29 is 14.0 Å². The Morgan fingerprint density at radius 1 is 1.00 bits per heavy atom. The van der Waals surface area contributed by atoms with Gasteiger partial charge in [0.2, 0.25) is 0 Å². The highest BCUT2D eigenvalue weighted by molar-refractivity contribution is 5.84. The zero-order valence-electron chi connectivity index (χ0n) is 17.5. The van der Waals surface area contributed by atoms with Gasteiger partial charge in [-0.1, -0.05) is 42.5 Å². The van der Waals surface area contributed by atoms with Gasteiger partial charge in [-0.3, -0.25) is 4.79 Å². The smallest absolute Gasteiger partial charge is 0.320 e. The number of likely N-dealkylation sites (tertiary alicyclic amines) is 2. The second-order valence-electron chi connectivity index (χ2n) is 8.55. The molecule has 2 aromatic carbocycles. The highest BCUT2D eigenvalue weighted by Gasteiger charge is 2.32. The fourth-order valence-electron chi connectivity index (χ4n) is 4.68. The van der Waals surface area contributed by atoms with E-state index < -0.39 is 0 Å². The van der Waals surface area contributed by atoms with E-state index in [4.69, 9.17) is 0 Å². The summed E-state index contributed by atoms with van der Waals surface area (Å²) < 4.78 is 14.1. The molecule has 0 aromatic heterocycles. The van der Waals surface area contributed by atoms with Crippen LogP contribution in [0, 0.1) is 11.7 Å². The number of urea groups is 1. The van der Waals surface area contributed by atoms with Crippen LogP contribution < -0.4 is 0 Å². The van der Waals surface area contributed by atoms with E-state index in [0.29, 0.717) is 31.1 Å². The number of rotatable bonds is 4. The molecule has 2 heterocycles. The van der Waals surface area contributed by atoms with Crippen LogP contribution in [-0.4, -0.2) is 47.3 Å². The van der Waals surface area contributed by atoms with Gasteiger partial charge in [-0.25, -0.2) is 9.18 Å². The molecule has 2 fully saturated rings. The van der Waals surface area contributed by atoms with E-state index in [2.05, 4.69) is 6.92 Å². The van der Waals surface area contributed by atoms with Crippen LogP contribution in [0.15, 0.2) is 48.5 Å². The van der Waals surface area contributed by atoms with Crippen molar-refractivity contribution in [2.75, 3.05) is 19.6 Å². The highest BCUT2D eigenvalue weighted by Crippen LogP contribution is 2.26. The average Bonchev–Trinajstić information content (AvgIpc) is 3.19.